The second-order valence-corrected chi connectivity index (χ2v) is 4.65. The van der Waals surface area contributed by atoms with Crippen LogP contribution >= 0.6 is 7.82 Å². The predicted octanol–water partition coefficient (Wildman–Crippen LogP) is -0.812. The highest BCUT2D eigenvalue weighted by Gasteiger charge is 2.43. The number of ether oxygens (including phenoxy) is 1. The van der Waals surface area contributed by atoms with Crippen molar-refractivity contribution >= 4 is 13.8 Å². The summed E-state index contributed by atoms with van der Waals surface area (Å²) in [6.07, 6.45) is -3.11. The molecule has 0 fully saturated rings. The normalized spacial score (nSPS) is 24.7. The van der Waals surface area contributed by atoms with E-state index in [2.05, 4.69) is 13.8 Å². The van der Waals surface area contributed by atoms with Crippen molar-refractivity contribution in [3.05, 3.63) is 11.5 Å². The van der Waals surface area contributed by atoms with Gasteiger partial charge < -0.3 is 24.6 Å². The van der Waals surface area contributed by atoms with Crippen molar-refractivity contribution in [3.63, 3.8) is 0 Å². The second kappa shape index (κ2) is 5.68. The number of carbonyl (C=O) groups is 1. The molecule has 0 aromatic rings. The smallest absolute Gasteiger partial charge is 0.505 e. The summed E-state index contributed by atoms with van der Waals surface area (Å²) in [7, 11) is -4.54. The van der Waals surface area contributed by atoms with Gasteiger partial charge in [0.05, 0.1) is 13.2 Å². The summed E-state index contributed by atoms with van der Waals surface area (Å²) in [4.78, 5) is 20.4. The molecular weight excluding hydrogens is 271 g/mol. The second-order valence-electron chi connectivity index (χ2n) is 3.27. The monoisotopic (exact) mass is 284 g/mol. The molecule has 1 unspecified atom stereocenters. The molecule has 0 aromatic heterocycles. The van der Waals surface area contributed by atoms with Gasteiger partial charge in [-0.3, -0.25) is 9.42 Å². The van der Waals surface area contributed by atoms with E-state index in [1.807, 2.05) is 0 Å². The van der Waals surface area contributed by atoms with E-state index in [-0.39, 0.29) is 6.61 Å². The Morgan fingerprint density at radius 1 is 1.56 bits per heavy atom. The van der Waals surface area contributed by atoms with E-state index in [4.69, 9.17) is 10.00 Å². The van der Waals surface area contributed by atoms with Crippen LogP contribution in [0.5, 0.6) is 0 Å². The minimum Gasteiger partial charge on any atom is -0.505 e. The zero-order valence-corrected chi connectivity index (χ0v) is 10.2. The third-order valence-corrected chi connectivity index (χ3v) is 2.95. The quantitative estimate of drug-likeness (QED) is 0.363. The summed E-state index contributed by atoms with van der Waals surface area (Å²) in [5.41, 5.74) is 0. The third-order valence-electron chi connectivity index (χ3n) is 1.96. The fourth-order valence-corrected chi connectivity index (χ4v) is 1.98. The van der Waals surface area contributed by atoms with Gasteiger partial charge in [-0.15, -0.1) is 0 Å². The highest BCUT2D eigenvalue weighted by Crippen LogP contribution is 2.47. The molecule has 1 aliphatic heterocycles. The van der Waals surface area contributed by atoms with Crippen LogP contribution in [0.3, 0.4) is 0 Å². The van der Waals surface area contributed by atoms with E-state index in [9.17, 15) is 19.6 Å². The number of aliphatic hydroxyl groups excluding tert-OH is 3. The highest BCUT2D eigenvalue weighted by atomic mass is 31.2. The first-order valence-electron chi connectivity index (χ1n) is 4.92. The van der Waals surface area contributed by atoms with Gasteiger partial charge in [0.25, 0.3) is 5.76 Å². The van der Waals surface area contributed by atoms with Crippen LogP contribution in [0.1, 0.15) is 6.92 Å². The number of phosphoric acid groups is 1. The van der Waals surface area contributed by atoms with Crippen molar-refractivity contribution in [1.29, 1.82) is 0 Å². The van der Waals surface area contributed by atoms with Crippen molar-refractivity contribution in [2.45, 2.75) is 19.1 Å². The summed E-state index contributed by atoms with van der Waals surface area (Å²) >= 11 is 0. The summed E-state index contributed by atoms with van der Waals surface area (Å²) in [6, 6.07) is 0. The number of carbonyl (C=O) groups excluding carboxylic acids is 1. The Morgan fingerprint density at radius 3 is 2.67 bits per heavy atom. The van der Waals surface area contributed by atoms with Crippen LogP contribution in [0.2, 0.25) is 0 Å². The first kappa shape index (κ1) is 14.9. The highest BCUT2D eigenvalue weighted by molar-refractivity contribution is 7.47. The average Bonchev–Trinajstić information content (AvgIpc) is 2.55. The number of hydrogen-bond acceptors (Lipinski definition) is 8. The van der Waals surface area contributed by atoms with Gasteiger partial charge in [-0.25, -0.2) is 9.36 Å². The molecule has 104 valence electrons. The first-order valence-corrected chi connectivity index (χ1v) is 6.42. The van der Waals surface area contributed by atoms with Crippen LogP contribution in [-0.4, -0.2) is 51.6 Å². The van der Waals surface area contributed by atoms with Gasteiger partial charge in [0.2, 0.25) is 0 Å². The number of hydrogen-bond donors (Lipinski definition) is 4. The largest absolute Gasteiger partial charge is 0.527 e. The SMILES string of the molecule is CCOP(=O)(O)OC1=C(O)[C@@H]([C@@H](O)CO)OC1=O. The molecule has 10 heteroatoms. The van der Waals surface area contributed by atoms with Crippen molar-refractivity contribution in [2.24, 2.45) is 0 Å². The lowest BCUT2D eigenvalue weighted by Crippen LogP contribution is -2.31. The van der Waals surface area contributed by atoms with Crippen molar-refractivity contribution in [3.8, 4) is 0 Å². The first-order chi connectivity index (χ1) is 8.32. The van der Waals surface area contributed by atoms with Gasteiger partial charge in [0.1, 0.15) is 6.10 Å². The van der Waals surface area contributed by atoms with Gasteiger partial charge in [-0.2, -0.15) is 0 Å². The van der Waals surface area contributed by atoms with Gasteiger partial charge in [0, 0.05) is 0 Å². The number of aliphatic hydroxyl groups is 3. The Kier molecular flexibility index (Phi) is 4.71. The Bertz CT molecular complexity index is 403. The van der Waals surface area contributed by atoms with Crippen molar-refractivity contribution in [2.75, 3.05) is 13.2 Å². The van der Waals surface area contributed by atoms with Gasteiger partial charge in [0.15, 0.2) is 11.9 Å². The number of cyclic esters (lactones) is 1. The number of rotatable bonds is 6. The molecule has 3 atom stereocenters. The molecule has 0 saturated carbocycles. The number of esters is 1. The van der Waals surface area contributed by atoms with E-state index in [1.54, 1.807) is 0 Å². The van der Waals surface area contributed by atoms with Crippen LogP contribution in [-0.2, 0) is 23.1 Å². The summed E-state index contributed by atoms with van der Waals surface area (Å²) in [6.45, 7) is 0.489. The minimum absolute atomic E-state index is 0.153. The molecule has 1 heterocycles. The standard InChI is InChI=1S/C8H13O9P/c1-2-15-18(13,14)17-7-5(11)6(4(10)3-9)16-8(7)12/h4,6,9-11H,2-3H2,1H3,(H,13,14)/t4-,6+/m0/s1. The molecule has 18 heavy (non-hydrogen) atoms. The molecule has 1 rings (SSSR count). The summed E-state index contributed by atoms with van der Waals surface area (Å²) < 4.78 is 24.4. The molecule has 0 bridgehead atoms. The lowest BCUT2D eigenvalue weighted by Gasteiger charge is -2.14. The van der Waals surface area contributed by atoms with Crippen molar-refractivity contribution < 1.29 is 43.4 Å². The summed E-state index contributed by atoms with van der Waals surface area (Å²) in [5.74, 6) is -3.04. The molecule has 0 spiro atoms. The van der Waals surface area contributed by atoms with E-state index < -0.39 is 44.1 Å². The number of phosphoric ester groups is 1. The Balaban J connectivity index is 2.90. The fraction of sp³-hybridized carbons (Fsp3) is 0.625. The van der Waals surface area contributed by atoms with Crippen LogP contribution in [0.15, 0.2) is 11.5 Å². The van der Waals surface area contributed by atoms with Crippen molar-refractivity contribution in [1.82, 2.24) is 0 Å². The van der Waals surface area contributed by atoms with Crippen LogP contribution in [0.4, 0.5) is 0 Å². The van der Waals surface area contributed by atoms with E-state index in [0.29, 0.717) is 0 Å². The zero-order valence-electron chi connectivity index (χ0n) is 9.35. The molecule has 0 amide bonds. The molecule has 9 nitrogen and oxygen atoms in total. The maximum atomic E-state index is 11.3. The lowest BCUT2D eigenvalue weighted by molar-refractivity contribution is -0.147. The Labute approximate surface area is 102 Å². The van der Waals surface area contributed by atoms with Gasteiger partial charge in [-0.05, 0) is 6.92 Å². The average molecular weight is 284 g/mol. The van der Waals surface area contributed by atoms with Crippen LogP contribution in [0.25, 0.3) is 0 Å². The molecule has 0 aliphatic carbocycles. The molecule has 0 saturated heterocycles. The third kappa shape index (κ3) is 3.21. The maximum Gasteiger partial charge on any atom is 0.527 e. The van der Waals surface area contributed by atoms with E-state index >= 15 is 0 Å². The minimum atomic E-state index is -4.54. The zero-order chi connectivity index (χ0) is 13.9. The summed E-state index contributed by atoms with van der Waals surface area (Å²) in [5, 5.41) is 27.4. The van der Waals surface area contributed by atoms with Crippen LogP contribution in [0, 0.1) is 0 Å². The van der Waals surface area contributed by atoms with Gasteiger partial charge in [-0.1, -0.05) is 0 Å². The Hall–Kier alpha value is -1.12. The topological polar surface area (TPSA) is 143 Å². The van der Waals surface area contributed by atoms with Gasteiger partial charge >= 0.3 is 13.8 Å². The molecule has 0 aromatic carbocycles. The Morgan fingerprint density at radius 2 is 2.17 bits per heavy atom. The van der Waals surface area contributed by atoms with E-state index in [1.165, 1.54) is 6.92 Å². The molecular formula is C8H13O9P. The fourth-order valence-electron chi connectivity index (χ4n) is 1.20. The van der Waals surface area contributed by atoms with Crippen LogP contribution < -0.4 is 0 Å². The molecule has 1 aliphatic rings. The predicted molar refractivity (Wildman–Crippen MR) is 55.2 cm³/mol. The van der Waals surface area contributed by atoms with E-state index in [0.717, 1.165) is 0 Å². The molecule has 0 radical (unpaired) electrons. The molecule has 4 N–H and O–H groups in total. The lowest BCUT2D eigenvalue weighted by atomic mass is 10.2. The maximum absolute atomic E-state index is 11.3.